The predicted octanol–water partition coefficient (Wildman–Crippen LogP) is 2.18. The van der Waals surface area contributed by atoms with Crippen molar-refractivity contribution in [1.29, 1.82) is 0 Å². The number of hydrogen-bond donors (Lipinski definition) is 2. The molecule has 0 amide bonds. The summed E-state index contributed by atoms with van der Waals surface area (Å²) < 4.78 is 2.02. The van der Waals surface area contributed by atoms with Crippen molar-refractivity contribution in [3.05, 3.63) is 41.5 Å². The zero-order chi connectivity index (χ0) is 12.5. The summed E-state index contributed by atoms with van der Waals surface area (Å²) >= 11 is 1.58. The Labute approximate surface area is 108 Å². The number of imidazole rings is 1. The highest BCUT2D eigenvalue weighted by atomic mass is 32.1. The Hall–Kier alpha value is -1.85. The van der Waals surface area contributed by atoms with Gasteiger partial charge in [0.05, 0.1) is 5.69 Å². The van der Waals surface area contributed by atoms with Crippen LogP contribution < -0.4 is 5.73 Å². The summed E-state index contributed by atoms with van der Waals surface area (Å²) in [7, 11) is 0. The summed E-state index contributed by atoms with van der Waals surface area (Å²) in [6, 6.07) is 7.70. The number of aromatic nitrogens is 2. The van der Waals surface area contributed by atoms with Crippen molar-refractivity contribution in [2.75, 3.05) is 12.3 Å². The normalized spacial score (nSPS) is 11.2. The lowest BCUT2D eigenvalue weighted by molar-refractivity contribution is 0.298. The molecule has 3 rings (SSSR count). The Morgan fingerprint density at radius 2 is 2.17 bits per heavy atom. The van der Waals surface area contributed by atoms with Crippen molar-refractivity contribution >= 4 is 22.0 Å². The topological polar surface area (TPSA) is 63.5 Å². The molecular formula is C13H13N3OS. The number of para-hydroxylation sites is 1. The van der Waals surface area contributed by atoms with Gasteiger partial charge in [-0.1, -0.05) is 18.2 Å². The van der Waals surface area contributed by atoms with Crippen molar-refractivity contribution in [1.82, 2.24) is 9.38 Å². The SMILES string of the molecule is Nc1ccccc1-c1cn2c(CCO)csc2n1. The van der Waals surface area contributed by atoms with E-state index >= 15 is 0 Å². The number of anilines is 1. The van der Waals surface area contributed by atoms with Crippen LogP contribution in [-0.2, 0) is 6.42 Å². The van der Waals surface area contributed by atoms with Gasteiger partial charge in [-0.15, -0.1) is 11.3 Å². The number of rotatable bonds is 3. The average molecular weight is 259 g/mol. The number of hydrogen-bond acceptors (Lipinski definition) is 4. The lowest BCUT2D eigenvalue weighted by Crippen LogP contribution is -1.94. The van der Waals surface area contributed by atoms with Crippen LogP contribution in [-0.4, -0.2) is 21.1 Å². The molecule has 5 heteroatoms. The fourth-order valence-corrected chi connectivity index (χ4v) is 2.89. The van der Waals surface area contributed by atoms with E-state index in [-0.39, 0.29) is 6.61 Å². The van der Waals surface area contributed by atoms with Crippen molar-refractivity contribution in [3.63, 3.8) is 0 Å². The smallest absolute Gasteiger partial charge is 0.194 e. The summed E-state index contributed by atoms with van der Waals surface area (Å²) in [5.41, 5.74) is 9.58. The van der Waals surface area contributed by atoms with Crippen LogP contribution in [0.4, 0.5) is 5.69 Å². The van der Waals surface area contributed by atoms with E-state index in [1.165, 1.54) is 0 Å². The maximum Gasteiger partial charge on any atom is 0.194 e. The molecule has 0 saturated heterocycles. The molecule has 2 heterocycles. The van der Waals surface area contributed by atoms with Gasteiger partial charge >= 0.3 is 0 Å². The summed E-state index contributed by atoms with van der Waals surface area (Å²) in [5.74, 6) is 0. The van der Waals surface area contributed by atoms with Gasteiger partial charge in [0.15, 0.2) is 4.96 Å². The van der Waals surface area contributed by atoms with E-state index in [0.717, 1.165) is 27.6 Å². The van der Waals surface area contributed by atoms with E-state index in [1.807, 2.05) is 40.2 Å². The van der Waals surface area contributed by atoms with Gasteiger partial charge in [-0.3, -0.25) is 4.40 Å². The minimum Gasteiger partial charge on any atom is -0.398 e. The monoisotopic (exact) mass is 259 g/mol. The Bertz CT molecular complexity index is 686. The molecule has 0 unspecified atom stereocenters. The second-order valence-electron chi connectivity index (χ2n) is 4.07. The van der Waals surface area contributed by atoms with Crippen LogP contribution in [0.25, 0.3) is 16.2 Å². The first-order chi connectivity index (χ1) is 8.79. The van der Waals surface area contributed by atoms with Gasteiger partial charge in [0.2, 0.25) is 0 Å². The molecule has 0 aliphatic heterocycles. The van der Waals surface area contributed by atoms with E-state index in [0.29, 0.717) is 6.42 Å². The van der Waals surface area contributed by atoms with Crippen LogP contribution in [0.15, 0.2) is 35.8 Å². The number of nitrogens with two attached hydrogens (primary N) is 1. The number of aliphatic hydroxyl groups excluding tert-OH is 1. The molecule has 0 atom stereocenters. The number of benzene rings is 1. The Morgan fingerprint density at radius 1 is 1.33 bits per heavy atom. The van der Waals surface area contributed by atoms with Gasteiger partial charge in [0.1, 0.15) is 0 Å². The molecule has 4 nitrogen and oxygen atoms in total. The van der Waals surface area contributed by atoms with Crippen LogP contribution in [0.2, 0.25) is 0 Å². The van der Waals surface area contributed by atoms with Crippen LogP contribution in [0, 0.1) is 0 Å². The molecule has 0 aliphatic rings. The largest absolute Gasteiger partial charge is 0.398 e. The molecule has 0 radical (unpaired) electrons. The summed E-state index contributed by atoms with van der Waals surface area (Å²) in [6.07, 6.45) is 2.61. The van der Waals surface area contributed by atoms with Crippen LogP contribution in [0.1, 0.15) is 5.69 Å². The van der Waals surface area contributed by atoms with E-state index in [1.54, 1.807) is 11.3 Å². The molecule has 2 aromatic heterocycles. The number of fused-ring (bicyclic) bond motifs is 1. The lowest BCUT2D eigenvalue weighted by atomic mass is 10.1. The molecular weight excluding hydrogens is 246 g/mol. The van der Waals surface area contributed by atoms with E-state index in [9.17, 15) is 0 Å². The van der Waals surface area contributed by atoms with E-state index in [4.69, 9.17) is 10.8 Å². The van der Waals surface area contributed by atoms with E-state index in [2.05, 4.69) is 4.98 Å². The molecule has 0 saturated carbocycles. The maximum atomic E-state index is 9.02. The molecule has 3 aromatic rings. The summed E-state index contributed by atoms with van der Waals surface area (Å²) in [4.78, 5) is 5.49. The van der Waals surface area contributed by atoms with Gasteiger partial charge in [-0.2, -0.15) is 0 Å². The molecule has 92 valence electrons. The van der Waals surface area contributed by atoms with Crippen LogP contribution in [0.3, 0.4) is 0 Å². The maximum absolute atomic E-state index is 9.02. The van der Waals surface area contributed by atoms with Gasteiger partial charge < -0.3 is 10.8 Å². The third-order valence-electron chi connectivity index (χ3n) is 2.89. The fourth-order valence-electron chi connectivity index (χ4n) is 1.98. The minimum atomic E-state index is 0.146. The van der Waals surface area contributed by atoms with Crippen LogP contribution >= 0.6 is 11.3 Å². The Morgan fingerprint density at radius 3 is 2.94 bits per heavy atom. The van der Waals surface area contributed by atoms with Gasteiger partial charge in [-0.05, 0) is 6.07 Å². The third-order valence-corrected chi connectivity index (χ3v) is 3.78. The second-order valence-corrected chi connectivity index (χ2v) is 4.90. The zero-order valence-corrected chi connectivity index (χ0v) is 10.5. The van der Waals surface area contributed by atoms with Crippen molar-refractivity contribution in [3.8, 4) is 11.3 Å². The Kier molecular flexibility index (Phi) is 2.77. The first kappa shape index (κ1) is 11.3. The highest BCUT2D eigenvalue weighted by Crippen LogP contribution is 2.27. The van der Waals surface area contributed by atoms with Crippen molar-refractivity contribution in [2.45, 2.75) is 6.42 Å². The Balaban J connectivity index is 2.11. The quantitative estimate of drug-likeness (QED) is 0.709. The number of aliphatic hydroxyl groups is 1. The zero-order valence-electron chi connectivity index (χ0n) is 9.71. The fraction of sp³-hybridized carbons (Fsp3) is 0.154. The molecule has 18 heavy (non-hydrogen) atoms. The number of thiazole rings is 1. The van der Waals surface area contributed by atoms with Gasteiger partial charge in [0.25, 0.3) is 0 Å². The van der Waals surface area contributed by atoms with Crippen LogP contribution in [0.5, 0.6) is 0 Å². The van der Waals surface area contributed by atoms with Crippen molar-refractivity contribution in [2.24, 2.45) is 0 Å². The van der Waals surface area contributed by atoms with Crippen molar-refractivity contribution < 1.29 is 5.11 Å². The van der Waals surface area contributed by atoms with Gasteiger partial charge in [-0.25, -0.2) is 4.98 Å². The average Bonchev–Trinajstić information content (AvgIpc) is 2.92. The highest BCUT2D eigenvalue weighted by Gasteiger charge is 2.10. The van der Waals surface area contributed by atoms with E-state index < -0.39 is 0 Å². The molecule has 1 aromatic carbocycles. The number of nitrogen functional groups attached to an aromatic ring is 1. The third kappa shape index (κ3) is 1.77. The molecule has 0 fully saturated rings. The molecule has 0 bridgehead atoms. The second kappa shape index (κ2) is 4.44. The summed E-state index contributed by atoms with van der Waals surface area (Å²) in [5, 5.41) is 11.0. The summed E-state index contributed by atoms with van der Waals surface area (Å²) in [6.45, 7) is 0.146. The highest BCUT2D eigenvalue weighted by molar-refractivity contribution is 7.15. The predicted molar refractivity (Wildman–Crippen MR) is 73.7 cm³/mol. The molecule has 0 aliphatic carbocycles. The van der Waals surface area contributed by atoms with Gasteiger partial charge in [0, 0.05) is 41.5 Å². The minimum absolute atomic E-state index is 0.146. The number of nitrogens with zero attached hydrogens (tertiary/aromatic N) is 2. The standard InChI is InChI=1S/C13H13N3OS/c14-11-4-2-1-3-10(11)12-7-16-9(5-6-17)8-18-13(16)15-12/h1-4,7-8,17H,5-6,14H2. The lowest BCUT2D eigenvalue weighted by Gasteiger charge is -2.00. The molecule has 3 N–H and O–H groups in total. The first-order valence-electron chi connectivity index (χ1n) is 5.71. The first-order valence-corrected chi connectivity index (χ1v) is 6.59. The molecule has 0 spiro atoms.